The van der Waals surface area contributed by atoms with E-state index in [1.165, 1.54) is 0 Å². The lowest BCUT2D eigenvalue weighted by molar-refractivity contribution is -0.128. The van der Waals surface area contributed by atoms with Crippen molar-refractivity contribution in [1.29, 1.82) is 0 Å². The number of amides is 2. The van der Waals surface area contributed by atoms with E-state index in [0.717, 1.165) is 17.7 Å². The molecule has 2 amide bonds. The molecule has 1 aromatic carbocycles. The van der Waals surface area contributed by atoms with Gasteiger partial charge in [-0.15, -0.1) is 11.8 Å². The number of hydrogen-bond acceptors (Lipinski definition) is 3. The third kappa shape index (κ3) is 4.67. The minimum Gasteiger partial charge on any atom is -0.350 e. The molecule has 1 aromatic rings. The van der Waals surface area contributed by atoms with E-state index in [4.69, 9.17) is 11.6 Å². The van der Waals surface area contributed by atoms with Gasteiger partial charge in [-0.25, -0.2) is 0 Å². The molecule has 1 atom stereocenters. The number of hydrogen-bond donors (Lipinski definition) is 1. The van der Waals surface area contributed by atoms with E-state index in [9.17, 15) is 9.59 Å². The van der Waals surface area contributed by atoms with Gasteiger partial charge in [0.25, 0.3) is 5.91 Å². The molecule has 1 aliphatic heterocycles. The number of carbonyl (C=O) groups is 2. The van der Waals surface area contributed by atoms with Crippen molar-refractivity contribution < 1.29 is 9.59 Å². The first-order valence-electron chi connectivity index (χ1n) is 8.19. The Morgan fingerprint density at radius 2 is 2.00 bits per heavy atom. The third-order valence-corrected chi connectivity index (χ3v) is 5.02. The van der Waals surface area contributed by atoms with Crippen molar-refractivity contribution in [2.45, 2.75) is 56.5 Å². The van der Waals surface area contributed by atoms with Gasteiger partial charge in [0.2, 0.25) is 5.91 Å². The van der Waals surface area contributed by atoms with Crippen molar-refractivity contribution in [1.82, 2.24) is 10.2 Å². The number of benzene rings is 1. The zero-order chi connectivity index (χ0) is 17.9. The molecule has 4 nitrogen and oxygen atoms in total. The maximum atomic E-state index is 13.0. The Bertz CT molecular complexity index is 628. The lowest BCUT2D eigenvalue weighted by Crippen LogP contribution is -2.55. The summed E-state index contributed by atoms with van der Waals surface area (Å²) in [4.78, 5) is 28.3. The normalized spacial score (nSPS) is 18.4. The summed E-state index contributed by atoms with van der Waals surface area (Å²) in [6.07, 6.45) is 4.50. The monoisotopic (exact) mass is 368 g/mol. The van der Waals surface area contributed by atoms with Crippen molar-refractivity contribution in [3.63, 3.8) is 0 Å². The van der Waals surface area contributed by atoms with Gasteiger partial charge in [-0.2, -0.15) is 0 Å². The van der Waals surface area contributed by atoms with Crippen LogP contribution < -0.4 is 5.32 Å². The van der Waals surface area contributed by atoms with Crippen molar-refractivity contribution in [2.75, 3.05) is 12.8 Å². The van der Waals surface area contributed by atoms with Crippen molar-refractivity contribution in [3.8, 4) is 0 Å². The van der Waals surface area contributed by atoms with E-state index in [-0.39, 0.29) is 17.4 Å². The Labute approximate surface area is 153 Å². The van der Waals surface area contributed by atoms with Crippen LogP contribution in [0.1, 0.15) is 50.4 Å². The summed E-state index contributed by atoms with van der Waals surface area (Å²) in [7, 11) is 0. The number of halogens is 1. The van der Waals surface area contributed by atoms with Crippen molar-refractivity contribution in [2.24, 2.45) is 0 Å². The van der Waals surface area contributed by atoms with Crippen LogP contribution >= 0.6 is 23.4 Å². The Kier molecular flexibility index (Phi) is 6.21. The minimum atomic E-state index is -0.431. The van der Waals surface area contributed by atoms with Gasteiger partial charge < -0.3 is 10.2 Å². The minimum absolute atomic E-state index is 0.0901. The number of thioether (sulfide) groups is 1. The van der Waals surface area contributed by atoms with Crippen LogP contribution in [0.4, 0.5) is 0 Å². The second-order valence-electron chi connectivity index (χ2n) is 7.10. The molecule has 0 radical (unpaired) electrons. The van der Waals surface area contributed by atoms with Gasteiger partial charge in [0, 0.05) is 17.0 Å². The quantitative estimate of drug-likeness (QED) is 0.821. The van der Waals surface area contributed by atoms with Crippen molar-refractivity contribution >= 4 is 35.2 Å². The highest BCUT2D eigenvalue weighted by molar-refractivity contribution is 7.98. The largest absolute Gasteiger partial charge is 0.350 e. The van der Waals surface area contributed by atoms with E-state index in [1.54, 1.807) is 22.7 Å². The fraction of sp³-hybridized carbons (Fsp3) is 0.556. The summed E-state index contributed by atoms with van der Waals surface area (Å²) in [6, 6.07) is 5.01. The fourth-order valence-electron chi connectivity index (χ4n) is 2.85. The van der Waals surface area contributed by atoms with Gasteiger partial charge in [-0.05, 0) is 64.5 Å². The molecule has 0 saturated carbocycles. The molecule has 1 fully saturated rings. The van der Waals surface area contributed by atoms with Crippen LogP contribution in [-0.4, -0.2) is 41.1 Å². The second-order valence-corrected chi connectivity index (χ2v) is 8.38. The number of nitrogens with zero attached hydrogens (tertiary/aromatic N) is 1. The van der Waals surface area contributed by atoms with Crippen LogP contribution in [0.25, 0.3) is 0 Å². The first-order chi connectivity index (χ1) is 11.2. The van der Waals surface area contributed by atoms with E-state index in [2.05, 4.69) is 5.32 Å². The molecule has 0 aliphatic carbocycles. The Hall–Kier alpha value is -1.20. The maximum absolute atomic E-state index is 13.0. The average Bonchev–Trinajstić information content (AvgIpc) is 2.53. The van der Waals surface area contributed by atoms with Crippen LogP contribution in [0.2, 0.25) is 5.02 Å². The highest BCUT2D eigenvalue weighted by Gasteiger charge is 2.34. The van der Waals surface area contributed by atoms with E-state index in [1.807, 2.05) is 39.2 Å². The van der Waals surface area contributed by atoms with E-state index >= 15 is 0 Å². The summed E-state index contributed by atoms with van der Waals surface area (Å²) in [6.45, 7) is 6.41. The molecular formula is C18H25ClN2O2S. The smallest absolute Gasteiger partial charge is 0.256 e. The lowest BCUT2D eigenvalue weighted by Gasteiger charge is -2.36. The van der Waals surface area contributed by atoms with Crippen LogP contribution in [-0.2, 0) is 4.79 Å². The first-order valence-corrected chi connectivity index (χ1v) is 9.80. The summed E-state index contributed by atoms with van der Waals surface area (Å²) in [5.41, 5.74) is 0.151. The van der Waals surface area contributed by atoms with Crippen molar-refractivity contribution in [3.05, 3.63) is 28.8 Å². The molecule has 0 unspecified atom stereocenters. The van der Waals surface area contributed by atoms with E-state index in [0.29, 0.717) is 23.6 Å². The molecule has 24 heavy (non-hydrogen) atoms. The number of rotatable bonds is 3. The van der Waals surface area contributed by atoms with Crippen LogP contribution in [0.15, 0.2) is 23.1 Å². The maximum Gasteiger partial charge on any atom is 0.256 e. The molecule has 1 heterocycles. The molecule has 0 aromatic heterocycles. The Morgan fingerprint density at radius 3 is 2.62 bits per heavy atom. The number of carbonyl (C=O) groups excluding carboxylic acids is 2. The topological polar surface area (TPSA) is 49.4 Å². The van der Waals surface area contributed by atoms with Crippen LogP contribution in [0.5, 0.6) is 0 Å². The number of piperidine rings is 1. The van der Waals surface area contributed by atoms with E-state index < -0.39 is 6.04 Å². The molecule has 1 aliphatic rings. The first kappa shape index (κ1) is 19.1. The number of likely N-dealkylation sites (tertiary alicyclic amines) is 1. The SMILES string of the molecule is CSc1ccc(Cl)c(C(=O)N2CCCC[C@@H]2C(=O)NC(C)(C)C)c1. The lowest BCUT2D eigenvalue weighted by atomic mass is 9.98. The van der Waals surface area contributed by atoms with Gasteiger partial charge in [0.1, 0.15) is 6.04 Å². The molecule has 1 N–H and O–H groups in total. The molecule has 0 bridgehead atoms. The molecular weight excluding hydrogens is 344 g/mol. The summed E-state index contributed by atoms with van der Waals surface area (Å²) in [5.74, 6) is -0.252. The Morgan fingerprint density at radius 1 is 1.29 bits per heavy atom. The highest BCUT2D eigenvalue weighted by Crippen LogP contribution is 2.27. The summed E-state index contributed by atoms with van der Waals surface area (Å²) < 4.78 is 0. The average molecular weight is 369 g/mol. The standard InChI is InChI=1S/C18H25ClN2O2S/c1-18(2,3)20-16(22)15-7-5-6-10-21(15)17(23)13-11-12(24-4)8-9-14(13)19/h8-9,11,15H,5-7,10H2,1-4H3,(H,20,22)/t15-/m1/s1. The zero-order valence-corrected chi connectivity index (χ0v) is 16.3. The molecule has 6 heteroatoms. The van der Waals surface area contributed by atoms with Gasteiger partial charge in [0.05, 0.1) is 10.6 Å². The van der Waals surface area contributed by atoms with Gasteiger partial charge >= 0.3 is 0 Å². The van der Waals surface area contributed by atoms with Crippen LogP contribution in [0.3, 0.4) is 0 Å². The summed E-state index contributed by atoms with van der Waals surface area (Å²) in [5, 5.41) is 3.42. The van der Waals surface area contributed by atoms with Gasteiger partial charge in [-0.1, -0.05) is 11.6 Å². The van der Waals surface area contributed by atoms with Crippen LogP contribution in [0, 0.1) is 0 Å². The molecule has 2 rings (SSSR count). The predicted octanol–water partition coefficient (Wildman–Crippen LogP) is 3.97. The third-order valence-electron chi connectivity index (χ3n) is 3.97. The Balaban J connectivity index is 2.27. The zero-order valence-electron chi connectivity index (χ0n) is 14.7. The summed E-state index contributed by atoms with van der Waals surface area (Å²) >= 11 is 7.81. The number of nitrogens with one attached hydrogen (secondary N) is 1. The molecule has 132 valence electrons. The molecule has 0 spiro atoms. The fourth-order valence-corrected chi connectivity index (χ4v) is 3.49. The predicted molar refractivity (Wildman–Crippen MR) is 99.8 cm³/mol. The van der Waals surface area contributed by atoms with Gasteiger partial charge in [-0.3, -0.25) is 9.59 Å². The molecule has 1 saturated heterocycles. The highest BCUT2D eigenvalue weighted by atomic mass is 35.5. The second kappa shape index (κ2) is 7.79. The van der Waals surface area contributed by atoms with Gasteiger partial charge in [0.15, 0.2) is 0 Å².